The lowest BCUT2D eigenvalue weighted by atomic mass is 9.78. The van der Waals surface area contributed by atoms with Gasteiger partial charge in [-0.2, -0.15) is 4.98 Å². The van der Waals surface area contributed by atoms with E-state index >= 15 is 0 Å². The molecule has 98 valence electrons. The molecule has 6 heteroatoms. The molecule has 0 radical (unpaired) electrons. The smallest absolute Gasteiger partial charge is 0.239 e. The Morgan fingerprint density at radius 1 is 1.44 bits per heavy atom. The lowest BCUT2D eigenvalue weighted by Crippen LogP contribution is -2.40. The molecule has 0 saturated heterocycles. The van der Waals surface area contributed by atoms with Crippen LogP contribution >= 0.6 is 0 Å². The number of anilines is 2. The van der Waals surface area contributed by atoms with Gasteiger partial charge in [0.1, 0.15) is 5.82 Å². The highest BCUT2D eigenvalue weighted by molar-refractivity contribution is 6.07. The topological polar surface area (TPSA) is 92.3 Å². The number of rotatable bonds is 4. The number of nitrogens with two attached hydrogens (primary N) is 1. The van der Waals surface area contributed by atoms with Crippen LogP contribution in [0, 0.1) is 0 Å². The molecule has 0 unspecified atom stereocenters. The molecule has 2 heterocycles. The highest BCUT2D eigenvalue weighted by Gasteiger charge is 2.49. The van der Waals surface area contributed by atoms with E-state index in [1.807, 2.05) is 13.8 Å². The lowest BCUT2D eigenvalue weighted by molar-refractivity contribution is -0.123. The van der Waals surface area contributed by atoms with Gasteiger partial charge in [0.15, 0.2) is 0 Å². The maximum absolute atomic E-state index is 12.6. The van der Waals surface area contributed by atoms with Gasteiger partial charge < -0.3 is 10.8 Å². The molecule has 6 nitrogen and oxygen atoms in total. The van der Waals surface area contributed by atoms with E-state index in [9.17, 15) is 4.79 Å². The van der Waals surface area contributed by atoms with E-state index in [0.29, 0.717) is 18.7 Å². The zero-order chi connectivity index (χ0) is 13.3. The van der Waals surface area contributed by atoms with Gasteiger partial charge in [-0.25, -0.2) is 4.98 Å². The second-order valence-corrected chi connectivity index (χ2v) is 4.44. The second-order valence-electron chi connectivity index (χ2n) is 4.44. The quantitative estimate of drug-likeness (QED) is 0.809. The Morgan fingerprint density at radius 3 is 2.67 bits per heavy atom. The molecule has 1 aliphatic rings. The number of aromatic nitrogens is 2. The van der Waals surface area contributed by atoms with Gasteiger partial charge in [0.2, 0.25) is 11.9 Å². The first-order chi connectivity index (χ1) is 8.60. The standard InChI is InChI=1S/C12H18N4O2/c1-3-12(4-2)8-7-14-11(13)15-9(8)16(5-6-17)10(12)18/h7,17H,3-6H2,1-2H3,(H2,13,14,15). The third-order valence-electron chi connectivity index (χ3n) is 3.74. The molecular weight excluding hydrogens is 232 g/mol. The van der Waals surface area contributed by atoms with Crippen LogP contribution in [-0.2, 0) is 10.2 Å². The molecule has 1 aromatic rings. The fraction of sp³-hybridized carbons (Fsp3) is 0.583. The number of carbonyl (C=O) groups excluding carboxylic acids is 1. The third-order valence-corrected chi connectivity index (χ3v) is 3.74. The summed E-state index contributed by atoms with van der Waals surface area (Å²) in [7, 11) is 0. The van der Waals surface area contributed by atoms with Crippen LogP contribution in [0.15, 0.2) is 6.20 Å². The molecular formula is C12H18N4O2. The summed E-state index contributed by atoms with van der Waals surface area (Å²) < 4.78 is 0. The van der Waals surface area contributed by atoms with E-state index in [0.717, 1.165) is 5.56 Å². The zero-order valence-electron chi connectivity index (χ0n) is 10.7. The Hall–Kier alpha value is -1.69. The van der Waals surface area contributed by atoms with Gasteiger partial charge >= 0.3 is 0 Å². The molecule has 1 amide bonds. The van der Waals surface area contributed by atoms with Crippen molar-refractivity contribution < 1.29 is 9.90 Å². The number of nitrogens with zero attached hydrogens (tertiary/aromatic N) is 3. The van der Waals surface area contributed by atoms with Crippen LogP contribution in [0.5, 0.6) is 0 Å². The number of hydrogen-bond acceptors (Lipinski definition) is 5. The van der Waals surface area contributed by atoms with Crippen molar-refractivity contribution in [1.82, 2.24) is 9.97 Å². The van der Waals surface area contributed by atoms with Gasteiger partial charge in [-0.15, -0.1) is 0 Å². The molecule has 0 spiro atoms. The molecule has 0 aromatic carbocycles. The van der Waals surface area contributed by atoms with Crippen LogP contribution in [0.25, 0.3) is 0 Å². The van der Waals surface area contributed by atoms with Crippen LogP contribution in [0.3, 0.4) is 0 Å². The Balaban J connectivity index is 2.60. The van der Waals surface area contributed by atoms with Gasteiger partial charge in [0, 0.05) is 11.8 Å². The average Bonchev–Trinajstić information content (AvgIpc) is 2.60. The predicted octanol–water partition coefficient (Wildman–Crippen LogP) is 0.455. The summed E-state index contributed by atoms with van der Waals surface area (Å²) in [5, 5.41) is 9.09. The number of nitrogen functional groups attached to an aromatic ring is 1. The van der Waals surface area contributed by atoms with Crippen LogP contribution in [0.2, 0.25) is 0 Å². The van der Waals surface area contributed by atoms with Crippen molar-refractivity contribution in [1.29, 1.82) is 0 Å². The predicted molar refractivity (Wildman–Crippen MR) is 68.1 cm³/mol. The fourth-order valence-corrected chi connectivity index (χ4v) is 2.64. The van der Waals surface area contributed by atoms with Crippen molar-refractivity contribution in [2.75, 3.05) is 23.8 Å². The van der Waals surface area contributed by atoms with Gasteiger partial charge in [-0.05, 0) is 12.8 Å². The largest absolute Gasteiger partial charge is 0.395 e. The van der Waals surface area contributed by atoms with Gasteiger partial charge in [-0.3, -0.25) is 9.69 Å². The van der Waals surface area contributed by atoms with Gasteiger partial charge in [0.25, 0.3) is 0 Å². The van der Waals surface area contributed by atoms with Crippen LogP contribution < -0.4 is 10.6 Å². The van der Waals surface area contributed by atoms with Gasteiger partial charge in [-0.1, -0.05) is 13.8 Å². The van der Waals surface area contributed by atoms with Crippen LogP contribution in [0.1, 0.15) is 32.3 Å². The number of fused-ring (bicyclic) bond motifs is 1. The molecule has 1 aromatic heterocycles. The first kappa shape index (κ1) is 12.8. The minimum Gasteiger partial charge on any atom is -0.395 e. The van der Waals surface area contributed by atoms with Crippen molar-refractivity contribution in [2.24, 2.45) is 0 Å². The first-order valence-electron chi connectivity index (χ1n) is 6.16. The Kier molecular flexibility index (Phi) is 3.21. The Morgan fingerprint density at radius 2 is 2.11 bits per heavy atom. The Labute approximate surface area is 106 Å². The molecule has 0 aliphatic carbocycles. The summed E-state index contributed by atoms with van der Waals surface area (Å²) >= 11 is 0. The summed E-state index contributed by atoms with van der Waals surface area (Å²) in [6, 6.07) is 0. The molecule has 2 rings (SSSR count). The number of amides is 1. The minimum atomic E-state index is -0.571. The third kappa shape index (κ3) is 1.56. The SMILES string of the molecule is CCC1(CC)C(=O)N(CCO)c2nc(N)ncc21. The van der Waals surface area contributed by atoms with Crippen molar-refractivity contribution in [3.63, 3.8) is 0 Å². The van der Waals surface area contributed by atoms with Crippen LogP contribution in [-0.4, -0.2) is 34.1 Å². The normalized spacial score (nSPS) is 17.1. The molecule has 0 fully saturated rings. The van der Waals surface area contributed by atoms with Crippen LogP contribution in [0.4, 0.5) is 11.8 Å². The molecule has 3 N–H and O–H groups in total. The highest BCUT2D eigenvalue weighted by atomic mass is 16.3. The van der Waals surface area contributed by atoms with E-state index in [1.54, 1.807) is 6.20 Å². The summed E-state index contributed by atoms with van der Waals surface area (Å²) in [5.41, 5.74) is 5.83. The monoisotopic (exact) mass is 250 g/mol. The number of aliphatic hydroxyl groups excluding tert-OH is 1. The lowest BCUT2D eigenvalue weighted by Gasteiger charge is -2.25. The van der Waals surface area contributed by atoms with Crippen molar-refractivity contribution >= 4 is 17.7 Å². The van der Waals surface area contributed by atoms with Crippen molar-refractivity contribution in [3.8, 4) is 0 Å². The first-order valence-corrected chi connectivity index (χ1v) is 6.16. The molecule has 1 aliphatic heterocycles. The zero-order valence-corrected chi connectivity index (χ0v) is 10.7. The van der Waals surface area contributed by atoms with E-state index in [2.05, 4.69) is 9.97 Å². The average molecular weight is 250 g/mol. The number of hydrogen-bond donors (Lipinski definition) is 2. The summed E-state index contributed by atoms with van der Waals surface area (Å²) in [4.78, 5) is 22.2. The summed E-state index contributed by atoms with van der Waals surface area (Å²) in [6.07, 6.45) is 3.01. The summed E-state index contributed by atoms with van der Waals surface area (Å²) in [5.74, 6) is 0.675. The minimum absolute atomic E-state index is 0.0172. The maximum Gasteiger partial charge on any atom is 0.239 e. The van der Waals surface area contributed by atoms with Gasteiger partial charge in [0.05, 0.1) is 18.6 Å². The van der Waals surface area contributed by atoms with E-state index in [4.69, 9.17) is 10.8 Å². The molecule has 0 atom stereocenters. The summed E-state index contributed by atoms with van der Waals surface area (Å²) in [6.45, 7) is 4.09. The van der Waals surface area contributed by atoms with E-state index < -0.39 is 5.41 Å². The van der Waals surface area contributed by atoms with Crippen molar-refractivity contribution in [2.45, 2.75) is 32.1 Å². The number of aliphatic hydroxyl groups is 1. The number of carbonyl (C=O) groups is 1. The second kappa shape index (κ2) is 4.53. The van der Waals surface area contributed by atoms with E-state index in [-0.39, 0.29) is 25.0 Å². The van der Waals surface area contributed by atoms with E-state index in [1.165, 1.54) is 4.90 Å². The Bertz CT molecular complexity index is 471. The fourth-order valence-electron chi connectivity index (χ4n) is 2.64. The van der Waals surface area contributed by atoms with Crippen molar-refractivity contribution in [3.05, 3.63) is 11.8 Å². The molecule has 0 bridgehead atoms. The highest BCUT2D eigenvalue weighted by Crippen LogP contribution is 2.44. The molecule has 0 saturated carbocycles. The molecule has 18 heavy (non-hydrogen) atoms. The number of β-amino-alcohol motifs (C(OH)–C–C–N with tert-alkyl or cyclic N) is 1. The maximum atomic E-state index is 12.6.